The fraction of sp³-hybridized carbons (Fsp3) is 0.100. The molecule has 0 aliphatic rings. The standard InChI is InChI=1S/C20H16N2O5/c1-13-6-4-10-16(19(13)22(25)26)20(24)27-12-18(23)21-17-11-5-8-14-7-2-3-9-15(14)17/h2-11H,12H2,1H3,(H,21,23). The van der Waals surface area contributed by atoms with Gasteiger partial charge in [-0.25, -0.2) is 4.79 Å². The van der Waals surface area contributed by atoms with Gasteiger partial charge in [0.2, 0.25) is 0 Å². The fourth-order valence-electron chi connectivity index (χ4n) is 2.80. The molecule has 0 unspecified atom stereocenters. The Kier molecular flexibility index (Phi) is 5.12. The Bertz CT molecular complexity index is 1040. The van der Waals surface area contributed by atoms with Crippen molar-refractivity contribution in [1.82, 2.24) is 0 Å². The second-order valence-corrected chi connectivity index (χ2v) is 5.88. The van der Waals surface area contributed by atoms with Crippen molar-refractivity contribution in [1.29, 1.82) is 0 Å². The molecule has 0 saturated heterocycles. The molecule has 3 aromatic rings. The van der Waals surface area contributed by atoms with Gasteiger partial charge in [0.15, 0.2) is 6.61 Å². The number of amides is 1. The molecule has 0 bridgehead atoms. The summed E-state index contributed by atoms with van der Waals surface area (Å²) >= 11 is 0. The van der Waals surface area contributed by atoms with Gasteiger partial charge in [0.05, 0.1) is 4.92 Å². The maximum absolute atomic E-state index is 12.2. The first kappa shape index (κ1) is 18.1. The van der Waals surface area contributed by atoms with Gasteiger partial charge in [-0.05, 0) is 24.4 Å². The first-order valence-electron chi connectivity index (χ1n) is 8.16. The van der Waals surface area contributed by atoms with Crippen LogP contribution in [0.15, 0.2) is 60.7 Å². The second kappa shape index (κ2) is 7.65. The summed E-state index contributed by atoms with van der Waals surface area (Å²) < 4.78 is 4.96. The summed E-state index contributed by atoms with van der Waals surface area (Å²) in [6, 6.07) is 17.4. The zero-order valence-corrected chi connectivity index (χ0v) is 14.5. The van der Waals surface area contributed by atoms with E-state index in [1.54, 1.807) is 12.1 Å². The predicted octanol–water partition coefficient (Wildman–Crippen LogP) is 3.85. The van der Waals surface area contributed by atoms with E-state index in [9.17, 15) is 19.7 Å². The molecule has 0 radical (unpaired) electrons. The molecule has 3 rings (SSSR count). The number of nitrogens with zero attached hydrogens (tertiary/aromatic N) is 1. The molecule has 0 fully saturated rings. The normalized spacial score (nSPS) is 10.4. The first-order chi connectivity index (χ1) is 13.0. The van der Waals surface area contributed by atoms with E-state index in [2.05, 4.69) is 5.32 Å². The minimum Gasteiger partial charge on any atom is -0.452 e. The highest BCUT2D eigenvalue weighted by Crippen LogP contribution is 2.24. The lowest BCUT2D eigenvalue weighted by molar-refractivity contribution is -0.385. The number of aryl methyl sites for hydroxylation is 1. The second-order valence-electron chi connectivity index (χ2n) is 5.88. The Balaban J connectivity index is 1.70. The molecular weight excluding hydrogens is 348 g/mol. The molecule has 7 heteroatoms. The number of carbonyl (C=O) groups is 2. The van der Waals surface area contributed by atoms with Gasteiger partial charge in [-0.2, -0.15) is 0 Å². The van der Waals surface area contributed by atoms with Gasteiger partial charge < -0.3 is 10.1 Å². The van der Waals surface area contributed by atoms with Crippen molar-refractivity contribution in [2.45, 2.75) is 6.92 Å². The van der Waals surface area contributed by atoms with E-state index in [0.29, 0.717) is 11.3 Å². The lowest BCUT2D eigenvalue weighted by atomic mass is 10.1. The fourth-order valence-corrected chi connectivity index (χ4v) is 2.80. The number of nitro groups is 1. The molecule has 0 aromatic heterocycles. The summed E-state index contributed by atoms with van der Waals surface area (Å²) in [5, 5.41) is 15.7. The van der Waals surface area contributed by atoms with Gasteiger partial charge in [-0.15, -0.1) is 0 Å². The van der Waals surface area contributed by atoms with Crippen LogP contribution in [0.4, 0.5) is 11.4 Å². The van der Waals surface area contributed by atoms with Crippen molar-refractivity contribution in [3.8, 4) is 0 Å². The van der Waals surface area contributed by atoms with Crippen molar-refractivity contribution < 1.29 is 19.2 Å². The van der Waals surface area contributed by atoms with E-state index in [0.717, 1.165) is 10.8 Å². The van der Waals surface area contributed by atoms with Gasteiger partial charge in [-0.3, -0.25) is 14.9 Å². The summed E-state index contributed by atoms with van der Waals surface area (Å²) in [5.41, 5.74) is 0.431. The molecule has 3 aromatic carbocycles. The third kappa shape index (κ3) is 3.92. The number of para-hydroxylation sites is 1. The largest absolute Gasteiger partial charge is 0.452 e. The number of anilines is 1. The lowest BCUT2D eigenvalue weighted by Gasteiger charge is -2.10. The summed E-state index contributed by atoms with van der Waals surface area (Å²) in [7, 11) is 0. The third-order valence-electron chi connectivity index (χ3n) is 4.04. The number of fused-ring (bicyclic) bond motifs is 1. The number of hydrogen-bond donors (Lipinski definition) is 1. The average molecular weight is 364 g/mol. The number of benzene rings is 3. The molecule has 136 valence electrons. The van der Waals surface area contributed by atoms with E-state index in [1.807, 2.05) is 30.3 Å². The van der Waals surface area contributed by atoms with Crippen LogP contribution in [0, 0.1) is 17.0 Å². The zero-order chi connectivity index (χ0) is 19.4. The van der Waals surface area contributed by atoms with Gasteiger partial charge in [0.25, 0.3) is 11.6 Å². The molecule has 7 nitrogen and oxygen atoms in total. The molecular formula is C20H16N2O5. The Morgan fingerprint density at radius 1 is 1.04 bits per heavy atom. The molecule has 1 amide bonds. The van der Waals surface area contributed by atoms with Crippen LogP contribution in [0.5, 0.6) is 0 Å². The molecule has 0 saturated carbocycles. The summed E-state index contributed by atoms with van der Waals surface area (Å²) in [4.78, 5) is 34.9. The zero-order valence-electron chi connectivity index (χ0n) is 14.5. The third-order valence-corrected chi connectivity index (χ3v) is 4.04. The number of carbonyl (C=O) groups excluding carboxylic acids is 2. The van der Waals surface area contributed by atoms with E-state index in [4.69, 9.17) is 4.74 Å². The van der Waals surface area contributed by atoms with Gasteiger partial charge >= 0.3 is 5.97 Å². The monoisotopic (exact) mass is 364 g/mol. The molecule has 0 aliphatic heterocycles. The first-order valence-corrected chi connectivity index (χ1v) is 8.16. The number of ether oxygens (including phenoxy) is 1. The molecule has 0 aliphatic carbocycles. The number of nitrogens with one attached hydrogen (secondary N) is 1. The highest BCUT2D eigenvalue weighted by molar-refractivity contribution is 6.03. The minimum absolute atomic E-state index is 0.182. The van der Waals surface area contributed by atoms with Gasteiger partial charge in [-0.1, -0.05) is 48.5 Å². The molecule has 1 N–H and O–H groups in total. The number of nitro benzene ring substituents is 1. The quantitative estimate of drug-likeness (QED) is 0.421. The van der Waals surface area contributed by atoms with Crippen LogP contribution in [0.2, 0.25) is 0 Å². The molecule has 0 atom stereocenters. The Morgan fingerprint density at radius 3 is 2.52 bits per heavy atom. The Labute approximate surface area is 154 Å². The van der Waals surface area contributed by atoms with Gasteiger partial charge in [0.1, 0.15) is 5.56 Å². The van der Waals surface area contributed by atoms with Crippen molar-refractivity contribution in [3.63, 3.8) is 0 Å². The SMILES string of the molecule is Cc1cccc(C(=O)OCC(=O)Nc2cccc3ccccc23)c1[N+](=O)[O-]. The topological polar surface area (TPSA) is 98.5 Å². The van der Waals surface area contributed by atoms with Crippen LogP contribution in [-0.4, -0.2) is 23.4 Å². The summed E-state index contributed by atoms with van der Waals surface area (Å²) in [6.45, 7) is 0.981. The van der Waals surface area contributed by atoms with E-state index in [1.165, 1.54) is 25.1 Å². The molecule has 27 heavy (non-hydrogen) atoms. The van der Waals surface area contributed by atoms with Crippen molar-refractivity contribution in [2.75, 3.05) is 11.9 Å². The average Bonchev–Trinajstić information content (AvgIpc) is 2.66. The maximum Gasteiger partial charge on any atom is 0.345 e. The van der Waals surface area contributed by atoms with Crippen molar-refractivity contribution in [2.24, 2.45) is 0 Å². The van der Waals surface area contributed by atoms with Crippen LogP contribution in [-0.2, 0) is 9.53 Å². The van der Waals surface area contributed by atoms with Crippen molar-refractivity contribution in [3.05, 3.63) is 81.9 Å². The minimum atomic E-state index is -0.918. The summed E-state index contributed by atoms with van der Waals surface area (Å²) in [6.07, 6.45) is 0. The van der Waals surface area contributed by atoms with Crippen LogP contribution in [0.1, 0.15) is 15.9 Å². The van der Waals surface area contributed by atoms with Gasteiger partial charge in [0, 0.05) is 16.6 Å². The highest BCUT2D eigenvalue weighted by atomic mass is 16.6. The Morgan fingerprint density at radius 2 is 1.74 bits per heavy atom. The van der Waals surface area contributed by atoms with Crippen molar-refractivity contribution >= 4 is 34.0 Å². The van der Waals surface area contributed by atoms with E-state index >= 15 is 0 Å². The highest BCUT2D eigenvalue weighted by Gasteiger charge is 2.24. The van der Waals surface area contributed by atoms with Crippen LogP contribution >= 0.6 is 0 Å². The number of hydrogen-bond acceptors (Lipinski definition) is 5. The smallest absolute Gasteiger partial charge is 0.345 e. The van der Waals surface area contributed by atoms with E-state index in [-0.39, 0.29) is 11.3 Å². The van der Waals surface area contributed by atoms with Crippen LogP contribution in [0.25, 0.3) is 10.8 Å². The summed E-state index contributed by atoms with van der Waals surface area (Å²) in [5.74, 6) is -1.45. The Hall–Kier alpha value is -3.74. The molecule has 0 heterocycles. The van der Waals surface area contributed by atoms with Crippen LogP contribution in [0.3, 0.4) is 0 Å². The predicted molar refractivity (Wildman–Crippen MR) is 101 cm³/mol. The molecule has 0 spiro atoms. The number of rotatable bonds is 5. The van der Waals surface area contributed by atoms with Crippen LogP contribution < -0.4 is 5.32 Å². The lowest BCUT2D eigenvalue weighted by Crippen LogP contribution is -2.21. The maximum atomic E-state index is 12.2. The number of esters is 1. The van der Waals surface area contributed by atoms with E-state index < -0.39 is 23.4 Å².